The van der Waals surface area contributed by atoms with Crippen LogP contribution in [0.3, 0.4) is 0 Å². The van der Waals surface area contributed by atoms with Gasteiger partial charge in [0.25, 0.3) is 0 Å². The summed E-state index contributed by atoms with van der Waals surface area (Å²) in [7, 11) is 0. The highest BCUT2D eigenvalue weighted by Gasteiger charge is 2.20. The zero-order valence-corrected chi connectivity index (χ0v) is 9.63. The van der Waals surface area contributed by atoms with Crippen molar-refractivity contribution in [1.29, 1.82) is 0 Å². The van der Waals surface area contributed by atoms with E-state index in [1.807, 2.05) is 9.78 Å². The summed E-state index contributed by atoms with van der Waals surface area (Å²) in [6.07, 6.45) is 1.58. The fourth-order valence-corrected chi connectivity index (χ4v) is 2.53. The van der Waals surface area contributed by atoms with Gasteiger partial charge in [-0.15, -0.1) is 11.3 Å². The number of aromatic nitrogens is 2. The molecule has 0 bridgehead atoms. The molecule has 15 heavy (non-hydrogen) atoms. The van der Waals surface area contributed by atoms with Crippen molar-refractivity contribution in [3.8, 4) is 0 Å². The van der Waals surface area contributed by atoms with E-state index < -0.39 is 5.97 Å². The largest absolute Gasteiger partial charge is 0.476 e. The molecule has 0 radical (unpaired) electrons. The molecule has 1 N–H and O–H groups in total. The first-order valence-electron chi connectivity index (χ1n) is 4.60. The third kappa shape index (κ3) is 1.63. The Balaban J connectivity index is 2.64. The third-order valence-electron chi connectivity index (χ3n) is 2.20. The molecule has 0 saturated carbocycles. The number of carboxylic acids is 1. The van der Waals surface area contributed by atoms with Crippen molar-refractivity contribution in [2.75, 3.05) is 0 Å². The SMILES string of the molecule is CC(C)(C)c1csc2nc(C(=O)O)cn12. The number of imidazole rings is 1. The molecule has 0 amide bonds. The highest BCUT2D eigenvalue weighted by molar-refractivity contribution is 7.15. The molecular weight excluding hydrogens is 212 g/mol. The summed E-state index contributed by atoms with van der Waals surface area (Å²) in [6, 6.07) is 0. The molecule has 2 aromatic rings. The Labute approximate surface area is 91.2 Å². The summed E-state index contributed by atoms with van der Waals surface area (Å²) in [6.45, 7) is 6.28. The molecule has 0 aliphatic rings. The summed E-state index contributed by atoms with van der Waals surface area (Å²) in [4.78, 5) is 15.5. The van der Waals surface area contributed by atoms with E-state index in [-0.39, 0.29) is 11.1 Å². The van der Waals surface area contributed by atoms with Gasteiger partial charge in [0.2, 0.25) is 0 Å². The van der Waals surface area contributed by atoms with Crippen LogP contribution in [0, 0.1) is 0 Å². The molecule has 0 spiro atoms. The van der Waals surface area contributed by atoms with Crippen LogP contribution in [0.2, 0.25) is 0 Å². The molecule has 2 heterocycles. The molecular formula is C10H12N2O2S. The van der Waals surface area contributed by atoms with Crippen molar-refractivity contribution in [1.82, 2.24) is 9.38 Å². The molecule has 0 saturated heterocycles. The molecule has 2 rings (SSSR count). The van der Waals surface area contributed by atoms with Gasteiger partial charge in [0.1, 0.15) is 0 Å². The van der Waals surface area contributed by atoms with Crippen LogP contribution >= 0.6 is 11.3 Å². The minimum absolute atomic E-state index is 0.00523. The number of aromatic carboxylic acids is 1. The van der Waals surface area contributed by atoms with Gasteiger partial charge in [-0.3, -0.25) is 4.40 Å². The lowest BCUT2D eigenvalue weighted by molar-refractivity contribution is 0.0691. The minimum Gasteiger partial charge on any atom is -0.476 e. The Hall–Kier alpha value is -1.36. The zero-order valence-electron chi connectivity index (χ0n) is 8.81. The van der Waals surface area contributed by atoms with Crippen LogP contribution in [0.1, 0.15) is 37.0 Å². The van der Waals surface area contributed by atoms with Crippen molar-refractivity contribution < 1.29 is 9.90 Å². The predicted molar refractivity (Wildman–Crippen MR) is 58.7 cm³/mol. The molecule has 2 aromatic heterocycles. The van der Waals surface area contributed by atoms with Gasteiger partial charge in [-0.25, -0.2) is 9.78 Å². The summed E-state index contributed by atoms with van der Waals surface area (Å²) in [5, 5.41) is 10.8. The van der Waals surface area contributed by atoms with E-state index in [0.717, 1.165) is 10.7 Å². The summed E-state index contributed by atoms with van der Waals surface area (Å²) >= 11 is 1.47. The lowest BCUT2D eigenvalue weighted by Crippen LogP contribution is -2.13. The van der Waals surface area contributed by atoms with Gasteiger partial charge < -0.3 is 5.11 Å². The number of thiazole rings is 1. The number of carbonyl (C=O) groups is 1. The third-order valence-corrected chi connectivity index (χ3v) is 3.04. The lowest BCUT2D eigenvalue weighted by atomic mass is 9.93. The maximum absolute atomic E-state index is 10.8. The topological polar surface area (TPSA) is 54.6 Å². The highest BCUT2D eigenvalue weighted by atomic mass is 32.1. The number of fused-ring (bicyclic) bond motifs is 1. The normalized spacial score (nSPS) is 12.2. The van der Waals surface area contributed by atoms with Gasteiger partial charge in [-0.1, -0.05) is 20.8 Å². The number of hydrogen-bond acceptors (Lipinski definition) is 3. The van der Waals surface area contributed by atoms with Gasteiger partial charge in [0.05, 0.1) is 0 Å². The number of hydrogen-bond donors (Lipinski definition) is 1. The number of nitrogens with zero attached hydrogens (tertiary/aromatic N) is 2. The first-order chi connectivity index (χ1) is 6.89. The van der Waals surface area contributed by atoms with E-state index in [0.29, 0.717) is 0 Å². The standard InChI is InChI=1S/C10H12N2O2S/c1-10(2,3)7-5-15-9-11-6(8(13)14)4-12(7)9/h4-5H,1-3H3,(H,13,14). The van der Waals surface area contributed by atoms with Crippen molar-refractivity contribution in [3.63, 3.8) is 0 Å². The van der Waals surface area contributed by atoms with Crippen molar-refractivity contribution >= 4 is 22.3 Å². The number of carboxylic acid groups (broad SMARTS) is 1. The second kappa shape index (κ2) is 3.06. The molecule has 0 aliphatic heterocycles. The average molecular weight is 224 g/mol. The van der Waals surface area contributed by atoms with Gasteiger partial charge in [0.15, 0.2) is 10.7 Å². The Morgan fingerprint density at radius 1 is 1.53 bits per heavy atom. The van der Waals surface area contributed by atoms with E-state index in [4.69, 9.17) is 5.11 Å². The van der Waals surface area contributed by atoms with E-state index in [1.165, 1.54) is 11.3 Å². The molecule has 0 atom stereocenters. The maximum Gasteiger partial charge on any atom is 0.356 e. The quantitative estimate of drug-likeness (QED) is 0.809. The first-order valence-corrected chi connectivity index (χ1v) is 5.48. The molecule has 5 heteroatoms. The van der Waals surface area contributed by atoms with Crippen LogP contribution < -0.4 is 0 Å². The van der Waals surface area contributed by atoms with Crippen molar-refractivity contribution in [2.45, 2.75) is 26.2 Å². The Morgan fingerprint density at radius 3 is 2.73 bits per heavy atom. The van der Waals surface area contributed by atoms with E-state index in [1.54, 1.807) is 6.20 Å². The maximum atomic E-state index is 10.8. The monoisotopic (exact) mass is 224 g/mol. The van der Waals surface area contributed by atoms with E-state index >= 15 is 0 Å². The predicted octanol–water partition coefficient (Wildman–Crippen LogP) is 2.39. The van der Waals surface area contributed by atoms with Crippen LogP contribution in [-0.4, -0.2) is 20.5 Å². The Kier molecular flexibility index (Phi) is 2.08. The van der Waals surface area contributed by atoms with Gasteiger partial charge in [-0.05, 0) is 0 Å². The Morgan fingerprint density at radius 2 is 2.20 bits per heavy atom. The van der Waals surface area contributed by atoms with E-state index in [9.17, 15) is 4.79 Å². The fourth-order valence-electron chi connectivity index (χ4n) is 1.43. The smallest absolute Gasteiger partial charge is 0.356 e. The first kappa shape index (κ1) is 10.2. The summed E-state index contributed by atoms with van der Waals surface area (Å²) in [5.74, 6) is -0.981. The average Bonchev–Trinajstić information content (AvgIpc) is 2.56. The minimum atomic E-state index is -0.981. The van der Waals surface area contributed by atoms with Gasteiger partial charge in [-0.2, -0.15) is 0 Å². The van der Waals surface area contributed by atoms with E-state index in [2.05, 4.69) is 25.8 Å². The van der Waals surface area contributed by atoms with Crippen LogP contribution in [0.25, 0.3) is 4.96 Å². The van der Waals surface area contributed by atoms with Crippen LogP contribution in [0.15, 0.2) is 11.6 Å². The fraction of sp³-hybridized carbons (Fsp3) is 0.400. The molecule has 4 nitrogen and oxygen atoms in total. The Bertz CT molecular complexity index is 519. The van der Waals surface area contributed by atoms with Gasteiger partial charge in [0, 0.05) is 22.7 Å². The highest BCUT2D eigenvalue weighted by Crippen LogP contribution is 2.27. The van der Waals surface area contributed by atoms with Crippen LogP contribution in [0.5, 0.6) is 0 Å². The van der Waals surface area contributed by atoms with Crippen molar-refractivity contribution in [2.24, 2.45) is 0 Å². The zero-order chi connectivity index (χ0) is 11.2. The molecule has 0 aromatic carbocycles. The molecule has 0 fully saturated rings. The molecule has 80 valence electrons. The molecule has 0 unspecified atom stereocenters. The summed E-state index contributed by atoms with van der Waals surface area (Å²) in [5.41, 5.74) is 1.18. The lowest BCUT2D eigenvalue weighted by Gasteiger charge is -2.16. The summed E-state index contributed by atoms with van der Waals surface area (Å²) < 4.78 is 1.86. The molecule has 0 aliphatic carbocycles. The van der Waals surface area contributed by atoms with Crippen LogP contribution in [-0.2, 0) is 5.41 Å². The van der Waals surface area contributed by atoms with Crippen LogP contribution in [0.4, 0.5) is 0 Å². The number of rotatable bonds is 1. The van der Waals surface area contributed by atoms with Crippen molar-refractivity contribution in [3.05, 3.63) is 23.0 Å². The van der Waals surface area contributed by atoms with Gasteiger partial charge >= 0.3 is 5.97 Å². The second-order valence-corrected chi connectivity index (χ2v) is 5.29. The second-order valence-electron chi connectivity index (χ2n) is 4.45.